The molecule has 0 aliphatic rings. The minimum Gasteiger partial charge on any atom is -0.481 e. The fraction of sp³-hybridized carbons (Fsp3) is 0.545. The average molecular weight is 569 g/mol. The number of amides is 4. The number of aromatic amines is 1. The number of hydrogen-bond acceptors (Lipinski definition) is 9. The number of carbonyl (C=O) groups excluding carboxylic acids is 4. The SMILES string of the molecule is NC(=O)CCC(NC(=O)C(CCC(=O)O)NC(=O)C(N)Cc1cnc[nH]1)C(=O)NC(CCCN=C(N)N)C(=O)O. The molecule has 0 fully saturated rings. The second-order valence-corrected chi connectivity index (χ2v) is 8.80. The van der Waals surface area contributed by atoms with Gasteiger partial charge in [-0.15, -0.1) is 0 Å². The summed E-state index contributed by atoms with van der Waals surface area (Å²) < 4.78 is 0. The molecule has 4 atom stereocenters. The maximum atomic E-state index is 13.1. The minimum absolute atomic E-state index is 0.0442. The van der Waals surface area contributed by atoms with Crippen molar-refractivity contribution >= 4 is 41.5 Å². The molecule has 0 spiro atoms. The lowest BCUT2D eigenvalue weighted by molar-refractivity contribution is -0.142. The molecule has 14 N–H and O–H groups in total. The normalized spacial score (nSPS) is 13.6. The van der Waals surface area contributed by atoms with Crippen molar-refractivity contribution in [3.63, 3.8) is 0 Å². The Balaban J connectivity index is 2.99. The first-order chi connectivity index (χ1) is 18.8. The van der Waals surface area contributed by atoms with E-state index in [1.54, 1.807) is 0 Å². The van der Waals surface area contributed by atoms with Crippen molar-refractivity contribution in [2.24, 2.45) is 27.9 Å². The number of primary amides is 1. The number of carboxylic acid groups (broad SMARTS) is 2. The van der Waals surface area contributed by atoms with Crippen LogP contribution in [0.25, 0.3) is 0 Å². The molecular weight excluding hydrogens is 532 g/mol. The molecule has 40 heavy (non-hydrogen) atoms. The molecule has 18 nitrogen and oxygen atoms in total. The van der Waals surface area contributed by atoms with Crippen molar-refractivity contribution in [3.8, 4) is 0 Å². The van der Waals surface area contributed by atoms with E-state index in [0.717, 1.165) is 0 Å². The minimum atomic E-state index is -1.44. The van der Waals surface area contributed by atoms with E-state index >= 15 is 0 Å². The Hall–Kier alpha value is -4.74. The van der Waals surface area contributed by atoms with E-state index in [-0.39, 0.29) is 51.0 Å². The third-order valence-corrected chi connectivity index (χ3v) is 5.48. The van der Waals surface area contributed by atoms with Crippen LogP contribution in [0.5, 0.6) is 0 Å². The molecule has 1 heterocycles. The van der Waals surface area contributed by atoms with Gasteiger partial charge in [0.2, 0.25) is 23.6 Å². The van der Waals surface area contributed by atoms with E-state index in [0.29, 0.717) is 5.69 Å². The lowest BCUT2D eigenvalue weighted by Crippen LogP contribution is -2.57. The predicted octanol–water partition coefficient (Wildman–Crippen LogP) is -4.00. The van der Waals surface area contributed by atoms with E-state index < -0.39 is 66.2 Å². The highest BCUT2D eigenvalue weighted by Gasteiger charge is 2.31. The second kappa shape index (κ2) is 17.0. The smallest absolute Gasteiger partial charge is 0.326 e. The topological polar surface area (TPSA) is 324 Å². The van der Waals surface area contributed by atoms with Gasteiger partial charge in [-0.05, 0) is 25.7 Å². The zero-order chi connectivity index (χ0) is 30.2. The average Bonchev–Trinajstić information content (AvgIpc) is 3.38. The Morgan fingerprint density at radius 2 is 1.45 bits per heavy atom. The van der Waals surface area contributed by atoms with Crippen LogP contribution in [0.15, 0.2) is 17.5 Å². The van der Waals surface area contributed by atoms with E-state index in [2.05, 4.69) is 30.9 Å². The molecule has 0 aliphatic carbocycles. The number of carbonyl (C=O) groups is 6. The summed E-state index contributed by atoms with van der Waals surface area (Å²) in [5.41, 5.74) is 22.1. The van der Waals surface area contributed by atoms with Gasteiger partial charge in [0.05, 0.1) is 12.4 Å². The van der Waals surface area contributed by atoms with Gasteiger partial charge in [-0.1, -0.05) is 0 Å². The van der Waals surface area contributed by atoms with Gasteiger partial charge in [0.15, 0.2) is 5.96 Å². The summed E-state index contributed by atoms with van der Waals surface area (Å²) in [6.07, 6.45) is 1.53. The summed E-state index contributed by atoms with van der Waals surface area (Å²) in [6, 6.07) is -5.36. The number of nitrogens with one attached hydrogen (secondary N) is 4. The Bertz CT molecular complexity index is 1060. The number of carboxylic acids is 2. The molecule has 222 valence electrons. The van der Waals surface area contributed by atoms with Crippen LogP contribution < -0.4 is 38.9 Å². The molecule has 0 radical (unpaired) electrons. The van der Waals surface area contributed by atoms with Crippen LogP contribution in [-0.4, -0.2) is 92.4 Å². The molecule has 4 amide bonds. The quantitative estimate of drug-likeness (QED) is 0.0433. The van der Waals surface area contributed by atoms with E-state index in [9.17, 15) is 33.9 Å². The molecule has 1 aromatic heterocycles. The number of imidazole rings is 1. The standard InChI is InChI=1S/C22H36N10O8/c23-12(8-11-9-27-10-29-11)18(36)30-14(4-6-17(34)35)19(37)31-13(3-5-16(24)33)20(38)32-15(21(39)40)2-1-7-28-22(25)26/h9-10,12-15H,1-8,23H2,(H2,24,33)(H,27,29)(H,30,36)(H,31,37)(H,32,38)(H,34,35)(H,39,40)(H4,25,26,28). The van der Waals surface area contributed by atoms with Crippen LogP contribution >= 0.6 is 0 Å². The molecule has 0 aromatic carbocycles. The van der Waals surface area contributed by atoms with Gasteiger partial charge in [0.25, 0.3) is 0 Å². The predicted molar refractivity (Wildman–Crippen MR) is 139 cm³/mol. The number of guanidine groups is 1. The van der Waals surface area contributed by atoms with Crippen LogP contribution in [0.1, 0.15) is 44.2 Å². The monoisotopic (exact) mass is 568 g/mol. The zero-order valence-corrected chi connectivity index (χ0v) is 21.7. The summed E-state index contributed by atoms with van der Waals surface area (Å²) in [4.78, 5) is 83.0. The summed E-state index contributed by atoms with van der Waals surface area (Å²) in [7, 11) is 0. The molecule has 1 aromatic rings. The number of aromatic nitrogens is 2. The molecular formula is C22H36N10O8. The van der Waals surface area contributed by atoms with Crippen molar-refractivity contribution in [3.05, 3.63) is 18.2 Å². The van der Waals surface area contributed by atoms with Crippen LogP contribution in [0.2, 0.25) is 0 Å². The van der Waals surface area contributed by atoms with Crippen molar-refractivity contribution in [1.29, 1.82) is 0 Å². The highest BCUT2D eigenvalue weighted by atomic mass is 16.4. The Morgan fingerprint density at radius 3 is 1.95 bits per heavy atom. The summed E-state index contributed by atoms with van der Waals surface area (Å²) in [6.45, 7) is 0.108. The van der Waals surface area contributed by atoms with Crippen molar-refractivity contribution in [1.82, 2.24) is 25.9 Å². The van der Waals surface area contributed by atoms with Crippen molar-refractivity contribution < 1.29 is 39.0 Å². The van der Waals surface area contributed by atoms with Crippen LogP contribution in [0, 0.1) is 0 Å². The maximum absolute atomic E-state index is 13.1. The molecule has 1 rings (SSSR count). The summed E-state index contributed by atoms with van der Waals surface area (Å²) in [5.74, 6) is -6.25. The molecule has 0 aliphatic heterocycles. The summed E-state index contributed by atoms with van der Waals surface area (Å²) >= 11 is 0. The van der Waals surface area contributed by atoms with Gasteiger partial charge < -0.3 is 54.1 Å². The number of nitrogens with two attached hydrogens (primary N) is 4. The van der Waals surface area contributed by atoms with Gasteiger partial charge in [0, 0.05) is 37.7 Å². The van der Waals surface area contributed by atoms with E-state index in [1.165, 1.54) is 12.5 Å². The number of aliphatic imine (C=N–C) groups is 1. The number of aliphatic carboxylic acids is 2. The van der Waals surface area contributed by atoms with Gasteiger partial charge in [0.1, 0.15) is 18.1 Å². The van der Waals surface area contributed by atoms with E-state index in [1.807, 2.05) is 0 Å². The Labute approximate surface area is 228 Å². The largest absolute Gasteiger partial charge is 0.481 e. The molecule has 0 bridgehead atoms. The van der Waals surface area contributed by atoms with Crippen LogP contribution in [0.3, 0.4) is 0 Å². The van der Waals surface area contributed by atoms with Crippen molar-refractivity contribution in [2.45, 2.75) is 69.1 Å². The van der Waals surface area contributed by atoms with Gasteiger partial charge in [-0.2, -0.15) is 0 Å². The molecule has 4 unspecified atom stereocenters. The fourth-order valence-corrected chi connectivity index (χ4v) is 3.40. The highest BCUT2D eigenvalue weighted by Crippen LogP contribution is 2.06. The first-order valence-corrected chi connectivity index (χ1v) is 12.2. The molecule has 18 heteroatoms. The lowest BCUT2D eigenvalue weighted by atomic mass is 10.1. The Morgan fingerprint density at radius 1 is 0.875 bits per heavy atom. The molecule has 0 saturated carbocycles. The van der Waals surface area contributed by atoms with Gasteiger partial charge in [-0.25, -0.2) is 9.78 Å². The third kappa shape index (κ3) is 13.2. The van der Waals surface area contributed by atoms with Crippen LogP contribution in [0.4, 0.5) is 0 Å². The maximum Gasteiger partial charge on any atom is 0.326 e. The molecule has 0 saturated heterocycles. The zero-order valence-electron chi connectivity index (χ0n) is 21.7. The highest BCUT2D eigenvalue weighted by molar-refractivity contribution is 5.94. The lowest BCUT2D eigenvalue weighted by Gasteiger charge is -2.25. The summed E-state index contributed by atoms with van der Waals surface area (Å²) in [5, 5.41) is 25.5. The van der Waals surface area contributed by atoms with Gasteiger partial charge >= 0.3 is 11.9 Å². The second-order valence-electron chi connectivity index (χ2n) is 8.80. The Kier molecular flexibility index (Phi) is 14.1. The van der Waals surface area contributed by atoms with Crippen molar-refractivity contribution in [2.75, 3.05) is 6.54 Å². The first kappa shape index (κ1) is 33.3. The number of rotatable bonds is 19. The first-order valence-electron chi connectivity index (χ1n) is 12.2. The van der Waals surface area contributed by atoms with Gasteiger partial charge in [-0.3, -0.25) is 29.0 Å². The van der Waals surface area contributed by atoms with Crippen LogP contribution in [-0.2, 0) is 35.2 Å². The number of H-pyrrole nitrogens is 1. The third-order valence-electron chi connectivity index (χ3n) is 5.48. The fourth-order valence-electron chi connectivity index (χ4n) is 3.40. The number of hydrogen-bond donors (Lipinski definition) is 10. The van der Waals surface area contributed by atoms with E-state index in [4.69, 9.17) is 28.0 Å². The number of nitrogens with zero attached hydrogens (tertiary/aromatic N) is 2.